The zero-order chi connectivity index (χ0) is 12.2. The summed E-state index contributed by atoms with van der Waals surface area (Å²) >= 11 is 3.51. The van der Waals surface area contributed by atoms with Crippen molar-refractivity contribution >= 4 is 21.9 Å². The van der Waals surface area contributed by atoms with Crippen molar-refractivity contribution in [3.63, 3.8) is 0 Å². The van der Waals surface area contributed by atoms with Gasteiger partial charge in [-0.1, -0.05) is 48.0 Å². The van der Waals surface area contributed by atoms with Gasteiger partial charge in [-0.15, -0.1) is 0 Å². The summed E-state index contributed by atoms with van der Waals surface area (Å²) in [4.78, 5) is 10.4. The maximum Gasteiger partial charge on any atom is 0.317 e. The highest BCUT2D eigenvalue weighted by Crippen LogP contribution is 2.29. The Hall–Kier alpha value is -0.870. The molecule has 0 unspecified atom stereocenters. The first-order valence-electron chi connectivity index (χ1n) is 5.11. The van der Waals surface area contributed by atoms with Gasteiger partial charge in [0.1, 0.15) is 0 Å². The largest absolute Gasteiger partial charge is 0.480 e. The predicted molar refractivity (Wildman–Crippen MR) is 67.7 cm³/mol. The van der Waals surface area contributed by atoms with Gasteiger partial charge >= 0.3 is 5.97 Å². The molecule has 0 radical (unpaired) electrons. The van der Waals surface area contributed by atoms with E-state index in [1.54, 1.807) is 0 Å². The lowest BCUT2D eigenvalue weighted by molar-refractivity contribution is -0.136. The molecule has 3 nitrogen and oxygen atoms in total. The Morgan fingerprint density at radius 3 is 2.62 bits per heavy atom. The van der Waals surface area contributed by atoms with Crippen molar-refractivity contribution in [3.8, 4) is 0 Å². The second-order valence-electron chi connectivity index (χ2n) is 4.36. The quantitative estimate of drug-likeness (QED) is 0.874. The summed E-state index contributed by atoms with van der Waals surface area (Å²) in [7, 11) is 0. The normalized spacial score (nSPS) is 11.4. The van der Waals surface area contributed by atoms with E-state index < -0.39 is 5.97 Å². The minimum Gasteiger partial charge on any atom is -0.480 e. The fraction of sp³-hybridized carbons (Fsp3) is 0.417. The van der Waals surface area contributed by atoms with Crippen molar-refractivity contribution in [2.45, 2.75) is 19.3 Å². The molecule has 0 aliphatic rings. The highest BCUT2D eigenvalue weighted by Gasteiger charge is 2.22. The molecule has 0 fully saturated rings. The van der Waals surface area contributed by atoms with Crippen LogP contribution in [0.2, 0.25) is 0 Å². The average Bonchev–Trinajstić information content (AvgIpc) is 2.17. The SMILES string of the molecule is CC(C)(CNCC(=O)O)c1ccccc1Br. The molecule has 0 aliphatic heterocycles. The zero-order valence-corrected chi connectivity index (χ0v) is 11.0. The Kier molecular flexibility index (Phi) is 4.50. The number of halogens is 1. The molecule has 0 bridgehead atoms. The molecular formula is C12H16BrNO2. The first-order chi connectivity index (χ1) is 7.43. The second-order valence-corrected chi connectivity index (χ2v) is 5.22. The zero-order valence-electron chi connectivity index (χ0n) is 9.46. The van der Waals surface area contributed by atoms with Crippen molar-refractivity contribution in [2.75, 3.05) is 13.1 Å². The van der Waals surface area contributed by atoms with Gasteiger partial charge in [-0.25, -0.2) is 0 Å². The summed E-state index contributed by atoms with van der Waals surface area (Å²) in [6.07, 6.45) is 0. The molecule has 0 spiro atoms. The van der Waals surface area contributed by atoms with Crippen molar-refractivity contribution in [3.05, 3.63) is 34.3 Å². The number of hydrogen-bond donors (Lipinski definition) is 2. The number of carboxylic acids is 1. The van der Waals surface area contributed by atoms with Crippen molar-refractivity contribution < 1.29 is 9.90 Å². The molecule has 0 aromatic heterocycles. The van der Waals surface area contributed by atoms with E-state index in [0.717, 1.165) is 4.47 Å². The predicted octanol–water partition coefficient (Wildman–Crippen LogP) is 2.40. The molecule has 0 amide bonds. The van der Waals surface area contributed by atoms with E-state index in [4.69, 9.17) is 5.11 Å². The van der Waals surface area contributed by atoms with Gasteiger partial charge in [0.05, 0.1) is 6.54 Å². The minimum absolute atomic E-state index is 0.00607. The summed E-state index contributed by atoms with van der Waals surface area (Å²) in [5, 5.41) is 11.5. The van der Waals surface area contributed by atoms with Crippen LogP contribution in [-0.4, -0.2) is 24.2 Å². The molecule has 1 aromatic carbocycles. The van der Waals surface area contributed by atoms with Crippen LogP contribution in [0.3, 0.4) is 0 Å². The third kappa shape index (κ3) is 3.61. The third-order valence-electron chi connectivity index (χ3n) is 2.45. The van der Waals surface area contributed by atoms with Gasteiger partial charge in [-0.2, -0.15) is 0 Å². The third-order valence-corrected chi connectivity index (χ3v) is 3.14. The number of hydrogen-bond acceptors (Lipinski definition) is 2. The molecule has 2 N–H and O–H groups in total. The van der Waals surface area contributed by atoms with Gasteiger partial charge in [0.15, 0.2) is 0 Å². The highest BCUT2D eigenvalue weighted by molar-refractivity contribution is 9.10. The van der Waals surface area contributed by atoms with E-state index in [1.165, 1.54) is 5.56 Å². The number of rotatable bonds is 5. The Bertz CT molecular complexity index is 377. The number of carbonyl (C=O) groups is 1. The van der Waals surface area contributed by atoms with E-state index in [-0.39, 0.29) is 12.0 Å². The van der Waals surface area contributed by atoms with Crippen LogP contribution in [0, 0.1) is 0 Å². The molecule has 1 rings (SSSR count). The molecule has 16 heavy (non-hydrogen) atoms. The molecular weight excluding hydrogens is 270 g/mol. The van der Waals surface area contributed by atoms with Gasteiger partial charge in [0.2, 0.25) is 0 Å². The average molecular weight is 286 g/mol. The lowest BCUT2D eigenvalue weighted by Gasteiger charge is -2.26. The molecule has 0 atom stereocenters. The minimum atomic E-state index is -0.831. The van der Waals surface area contributed by atoms with Gasteiger partial charge in [-0.05, 0) is 11.6 Å². The Morgan fingerprint density at radius 2 is 2.06 bits per heavy atom. The standard InChI is InChI=1S/C12H16BrNO2/c1-12(2,8-14-7-11(15)16)9-5-3-4-6-10(9)13/h3-6,14H,7-8H2,1-2H3,(H,15,16). The number of aliphatic carboxylic acids is 1. The summed E-state index contributed by atoms with van der Waals surface area (Å²) < 4.78 is 1.05. The molecule has 0 heterocycles. The van der Waals surface area contributed by atoms with Crippen LogP contribution in [0.1, 0.15) is 19.4 Å². The van der Waals surface area contributed by atoms with Crippen LogP contribution in [0.5, 0.6) is 0 Å². The summed E-state index contributed by atoms with van der Waals surface area (Å²) in [5.41, 5.74) is 1.07. The molecule has 1 aromatic rings. The van der Waals surface area contributed by atoms with Crippen molar-refractivity contribution in [1.82, 2.24) is 5.32 Å². The van der Waals surface area contributed by atoms with Crippen LogP contribution >= 0.6 is 15.9 Å². The van der Waals surface area contributed by atoms with Crippen LogP contribution in [-0.2, 0) is 10.2 Å². The maximum atomic E-state index is 10.4. The topological polar surface area (TPSA) is 49.3 Å². The fourth-order valence-electron chi connectivity index (χ4n) is 1.59. The van der Waals surface area contributed by atoms with E-state index in [1.807, 2.05) is 24.3 Å². The monoisotopic (exact) mass is 285 g/mol. The van der Waals surface area contributed by atoms with E-state index >= 15 is 0 Å². The summed E-state index contributed by atoms with van der Waals surface area (Å²) in [6.45, 7) is 4.79. The summed E-state index contributed by atoms with van der Waals surface area (Å²) in [5.74, 6) is -0.831. The van der Waals surface area contributed by atoms with Crippen LogP contribution in [0.4, 0.5) is 0 Å². The van der Waals surface area contributed by atoms with E-state index in [0.29, 0.717) is 6.54 Å². The molecule has 0 saturated heterocycles. The first kappa shape index (κ1) is 13.2. The van der Waals surface area contributed by atoms with E-state index in [9.17, 15) is 4.79 Å². The van der Waals surface area contributed by atoms with Crippen LogP contribution in [0.15, 0.2) is 28.7 Å². The lowest BCUT2D eigenvalue weighted by Crippen LogP contribution is -2.36. The van der Waals surface area contributed by atoms with Gasteiger partial charge in [0, 0.05) is 16.4 Å². The van der Waals surface area contributed by atoms with Crippen LogP contribution < -0.4 is 5.32 Å². The molecule has 88 valence electrons. The molecule has 0 saturated carbocycles. The van der Waals surface area contributed by atoms with Gasteiger partial charge < -0.3 is 10.4 Å². The van der Waals surface area contributed by atoms with Gasteiger partial charge in [0.25, 0.3) is 0 Å². The number of carboxylic acid groups (broad SMARTS) is 1. The Morgan fingerprint density at radius 1 is 1.44 bits per heavy atom. The number of benzene rings is 1. The Balaban J connectivity index is 2.70. The van der Waals surface area contributed by atoms with Gasteiger partial charge in [-0.3, -0.25) is 4.79 Å². The Labute approximate surface area is 104 Å². The lowest BCUT2D eigenvalue weighted by atomic mass is 9.84. The highest BCUT2D eigenvalue weighted by atomic mass is 79.9. The van der Waals surface area contributed by atoms with E-state index in [2.05, 4.69) is 35.1 Å². The molecule has 4 heteroatoms. The van der Waals surface area contributed by atoms with Crippen molar-refractivity contribution in [2.24, 2.45) is 0 Å². The molecule has 0 aliphatic carbocycles. The maximum absolute atomic E-state index is 10.4. The first-order valence-corrected chi connectivity index (χ1v) is 5.90. The fourth-order valence-corrected chi connectivity index (χ4v) is 2.41. The smallest absolute Gasteiger partial charge is 0.317 e. The number of nitrogens with one attached hydrogen (secondary N) is 1. The summed E-state index contributed by atoms with van der Waals surface area (Å²) in [6, 6.07) is 7.99. The van der Waals surface area contributed by atoms with Crippen molar-refractivity contribution in [1.29, 1.82) is 0 Å². The van der Waals surface area contributed by atoms with Crippen LogP contribution in [0.25, 0.3) is 0 Å². The second kappa shape index (κ2) is 5.46.